The lowest BCUT2D eigenvalue weighted by molar-refractivity contribution is -0.178. The van der Waals surface area contributed by atoms with E-state index >= 15 is 0 Å². The minimum Gasteiger partial charge on any atom is -0.382 e. The SMILES string of the molecule is COCCOC1C(=O)CC1OC1CCC(C)CC1. The Bertz CT molecular complexity index is 271. The molecule has 2 fully saturated rings. The molecule has 0 spiro atoms. The van der Waals surface area contributed by atoms with Crippen LogP contribution in [0.2, 0.25) is 0 Å². The highest BCUT2D eigenvalue weighted by Crippen LogP contribution is 2.31. The number of carbonyl (C=O) groups is 1. The maximum Gasteiger partial charge on any atom is 0.166 e. The van der Waals surface area contributed by atoms with E-state index in [4.69, 9.17) is 14.2 Å². The van der Waals surface area contributed by atoms with Crippen LogP contribution in [0.25, 0.3) is 0 Å². The summed E-state index contributed by atoms with van der Waals surface area (Å²) in [7, 11) is 1.63. The monoisotopic (exact) mass is 256 g/mol. The Balaban J connectivity index is 1.70. The van der Waals surface area contributed by atoms with Crippen LogP contribution in [0.3, 0.4) is 0 Å². The second-order valence-electron chi connectivity index (χ2n) is 5.51. The van der Waals surface area contributed by atoms with Gasteiger partial charge in [0, 0.05) is 13.5 Å². The summed E-state index contributed by atoms with van der Waals surface area (Å²) in [5.74, 6) is 0.988. The molecule has 0 aromatic carbocycles. The summed E-state index contributed by atoms with van der Waals surface area (Å²) in [4.78, 5) is 11.5. The number of ketones is 1. The summed E-state index contributed by atoms with van der Waals surface area (Å²) >= 11 is 0. The van der Waals surface area contributed by atoms with E-state index in [0.29, 0.717) is 25.7 Å². The molecule has 2 rings (SSSR count). The maximum absolute atomic E-state index is 11.5. The molecule has 2 atom stereocenters. The van der Waals surface area contributed by atoms with E-state index in [2.05, 4.69) is 6.92 Å². The van der Waals surface area contributed by atoms with E-state index < -0.39 is 0 Å². The largest absolute Gasteiger partial charge is 0.382 e. The zero-order chi connectivity index (χ0) is 13.0. The molecule has 0 saturated heterocycles. The van der Waals surface area contributed by atoms with Crippen LogP contribution in [-0.2, 0) is 19.0 Å². The molecule has 4 nitrogen and oxygen atoms in total. The van der Waals surface area contributed by atoms with Gasteiger partial charge in [-0.3, -0.25) is 4.79 Å². The smallest absolute Gasteiger partial charge is 0.166 e. The zero-order valence-electron chi connectivity index (χ0n) is 11.4. The van der Waals surface area contributed by atoms with E-state index in [1.54, 1.807) is 7.11 Å². The fraction of sp³-hybridized carbons (Fsp3) is 0.929. The highest BCUT2D eigenvalue weighted by atomic mass is 16.6. The lowest BCUT2D eigenvalue weighted by Crippen LogP contribution is -2.52. The molecule has 104 valence electrons. The molecule has 18 heavy (non-hydrogen) atoms. The lowest BCUT2D eigenvalue weighted by Gasteiger charge is -2.38. The molecule has 0 amide bonds. The molecule has 4 heteroatoms. The molecule has 2 aliphatic carbocycles. The topological polar surface area (TPSA) is 44.8 Å². The fourth-order valence-corrected chi connectivity index (χ4v) is 2.66. The quantitative estimate of drug-likeness (QED) is 0.681. The van der Waals surface area contributed by atoms with Crippen molar-refractivity contribution in [3.8, 4) is 0 Å². The van der Waals surface area contributed by atoms with E-state index in [-0.39, 0.29) is 18.0 Å². The highest BCUT2D eigenvalue weighted by Gasteiger charge is 2.43. The molecule has 0 aliphatic heterocycles. The number of hydrogen-bond donors (Lipinski definition) is 0. The van der Waals surface area contributed by atoms with Gasteiger partial charge in [0.2, 0.25) is 0 Å². The molecule has 2 unspecified atom stereocenters. The number of rotatable bonds is 6. The number of Topliss-reactive ketones (excluding diaryl/α,β-unsaturated/α-hetero) is 1. The third kappa shape index (κ3) is 3.53. The van der Waals surface area contributed by atoms with Crippen molar-refractivity contribution < 1.29 is 19.0 Å². The van der Waals surface area contributed by atoms with Gasteiger partial charge in [0.1, 0.15) is 6.10 Å². The van der Waals surface area contributed by atoms with Crippen LogP contribution in [0.5, 0.6) is 0 Å². The van der Waals surface area contributed by atoms with Gasteiger partial charge in [0.15, 0.2) is 5.78 Å². The summed E-state index contributed by atoms with van der Waals surface area (Å²) in [6.07, 6.45) is 5.19. The van der Waals surface area contributed by atoms with Crippen LogP contribution < -0.4 is 0 Å². The first kappa shape index (κ1) is 14.0. The van der Waals surface area contributed by atoms with E-state index in [1.165, 1.54) is 12.8 Å². The minimum atomic E-state index is -0.348. The van der Waals surface area contributed by atoms with Gasteiger partial charge < -0.3 is 14.2 Å². The standard InChI is InChI=1S/C14H24O4/c1-10-3-5-11(6-4-10)18-13-9-12(15)14(13)17-8-7-16-2/h10-11,13-14H,3-9H2,1-2H3. The normalized spacial score (nSPS) is 36.4. The molecule has 0 heterocycles. The molecule has 0 aromatic rings. The van der Waals surface area contributed by atoms with Gasteiger partial charge in [-0.05, 0) is 31.6 Å². The first-order valence-electron chi connectivity index (χ1n) is 6.99. The number of ether oxygens (including phenoxy) is 3. The van der Waals surface area contributed by atoms with Crippen molar-refractivity contribution in [2.24, 2.45) is 5.92 Å². The first-order valence-corrected chi connectivity index (χ1v) is 6.99. The van der Waals surface area contributed by atoms with E-state index in [0.717, 1.165) is 18.8 Å². The second-order valence-corrected chi connectivity index (χ2v) is 5.51. The number of methoxy groups -OCH3 is 1. The number of hydrogen-bond acceptors (Lipinski definition) is 4. The third-order valence-electron chi connectivity index (χ3n) is 3.97. The predicted octanol–water partition coefficient (Wildman–Crippen LogP) is 1.95. The summed E-state index contributed by atoms with van der Waals surface area (Å²) in [6.45, 7) is 3.28. The maximum atomic E-state index is 11.5. The predicted molar refractivity (Wildman–Crippen MR) is 67.5 cm³/mol. The Labute approximate surface area is 109 Å². The van der Waals surface area contributed by atoms with Crippen molar-refractivity contribution in [3.05, 3.63) is 0 Å². The Morgan fingerprint density at radius 1 is 1.17 bits per heavy atom. The molecule has 0 bridgehead atoms. The van der Waals surface area contributed by atoms with Crippen LogP contribution in [0.4, 0.5) is 0 Å². The summed E-state index contributed by atoms with van der Waals surface area (Å²) in [5, 5.41) is 0. The minimum absolute atomic E-state index is 0.0206. The summed E-state index contributed by atoms with van der Waals surface area (Å²) < 4.78 is 16.4. The van der Waals surface area contributed by atoms with Gasteiger partial charge in [-0.2, -0.15) is 0 Å². The Morgan fingerprint density at radius 3 is 2.50 bits per heavy atom. The van der Waals surface area contributed by atoms with Crippen molar-refractivity contribution in [2.75, 3.05) is 20.3 Å². The van der Waals surface area contributed by atoms with Crippen molar-refractivity contribution in [1.29, 1.82) is 0 Å². The van der Waals surface area contributed by atoms with Gasteiger partial charge in [-0.25, -0.2) is 0 Å². The van der Waals surface area contributed by atoms with Crippen LogP contribution in [-0.4, -0.2) is 44.4 Å². The molecule has 2 aliphatic rings. The second kappa shape index (κ2) is 6.64. The van der Waals surface area contributed by atoms with Crippen LogP contribution in [0.15, 0.2) is 0 Å². The van der Waals surface area contributed by atoms with Gasteiger partial charge >= 0.3 is 0 Å². The van der Waals surface area contributed by atoms with Crippen LogP contribution in [0.1, 0.15) is 39.0 Å². The van der Waals surface area contributed by atoms with Crippen LogP contribution >= 0.6 is 0 Å². The average molecular weight is 256 g/mol. The molecule has 0 aromatic heterocycles. The molecular weight excluding hydrogens is 232 g/mol. The van der Waals surface area contributed by atoms with Gasteiger partial charge in [-0.1, -0.05) is 6.92 Å². The molecule has 2 saturated carbocycles. The summed E-state index contributed by atoms with van der Waals surface area (Å²) in [6, 6.07) is 0. The Hall–Kier alpha value is -0.450. The van der Waals surface area contributed by atoms with Gasteiger partial charge in [-0.15, -0.1) is 0 Å². The third-order valence-corrected chi connectivity index (χ3v) is 3.97. The van der Waals surface area contributed by atoms with Crippen molar-refractivity contribution in [2.45, 2.75) is 57.3 Å². The van der Waals surface area contributed by atoms with Gasteiger partial charge in [0.25, 0.3) is 0 Å². The average Bonchev–Trinajstić information content (AvgIpc) is 2.36. The fourth-order valence-electron chi connectivity index (χ4n) is 2.66. The Kier molecular flexibility index (Phi) is 5.15. The van der Waals surface area contributed by atoms with Crippen molar-refractivity contribution >= 4 is 5.78 Å². The summed E-state index contributed by atoms with van der Waals surface area (Å²) in [5.41, 5.74) is 0. The van der Waals surface area contributed by atoms with E-state index in [1.807, 2.05) is 0 Å². The Morgan fingerprint density at radius 2 is 1.89 bits per heavy atom. The first-order chi connectivity index (χ1) is 8.70. The van der Waals surface area contributed by atoms with Crippen molar-refractivity contribution in [1.82, 2.24) is 0 Å². The molecular formula is C14H24O4. The van der Waals surface area contributed by atoms with Gasteiger partial charge in [0.05, 0.1) is 25.4 Å². The van der Waals surface area contributed by atoms with E-state index in [9.17, 15) is 4.79 Å². The highest BCUT2D eigenvalue weighted by molar-refractivity contribution is 5.90. The zero-order valence-corrected chi connectivity index (χ0v) is 11.4. The number of carbonyl (C=O) groups excluding carboxylic acids is 1. The lowest BCUT2D eigenvalue weighted by atomic mass is 9.86. The molecule has 0 radical (unpaired) electrons. The van der Waals surface area contributed by atoms with Crippen LogP contribution in [0, 0.1) is 5.92 Å². The molecule has 0 N–H and O–H groups in total. The van der Waals surface area contributed by atoms with Crippen molar-refractivity contribution in [3.63, 3.8) is 0 Å².